The van der Waals surface area contributed by atoms with Crippen molar-refractivity contribution in [2.24, 2.45) is 0 Å². The van der Waals surface area contributed by atoms with Crippen LogP contribution in [0.3, 0.4) is 0 Å². The van der Waals surface area contributed by atoms with Crippen LogP contribution < -0.4 is 5.32 Å². The summed E-state index contributed by atoms with van der Waals surface area (Å²) in [6.45, 7) is 7.94. The van der Waals surface area contributed by atoms with Crippen molar-refractivity contribution in [2.75, 3.05) is 13.1 Å². The molecular formula is C19H26N2. The van der Waals surface area contributed by atoms with Crippen molar-refractivity contribution in [2.45, 2.75) is 45.3 Å². The lowest BCUT2D eigenvalue weighted by Crippen LogP contribution is -2.54. The zero-order valence-corrected chi connectivity index (χ0v) is 13.2. The van der Waals surface area contributed by atoms with Crippen LogP contribution in [0.1, 0.15) is 32.3 Å². The Labute approximate surface area is 128 Å². The van der Waals surface area contributed by atoms with E-state index in [-0.39, 0.29) is 0 Å². The fourth-order valence-corrected chi connectivity index (χ4v) is 3.41. The summed E-state index contributed by atoms with van der Waals surface area (Å²) in [6, 6.07) is 16.7. The molecule has 2 atom stereocenters. The first kappa shape index (κ1) is 14.6. The molecule has 1 saturated heterocycles. The Kier molecular flexibility index (Phi) is 4.57. The molecule has 2 heteroatoms. The maximum absolute atomic E-state index is 3.68. The number of nitrogens with zero attached hydrogens (tertiary/aromatic N) is 1. The predicted molar refractivity (Wildman–Crippen MR) is 90.5 cm³/mol. The lowest BCUT2D eigenvalue weighted by atomic mass is 10.0. The Hall–Kier alpha value is -1.38. The third-order valence-electron chi connectivity index (χ3n) is 4.67. The molecule has 1 aliphatic rings. The van der Waals surface area contributed by atoms with Gasteiger partial charge in [-0.05, 0) is 29.7 Å². The minimum absolute atomic E-state index is 0.608. The van der Waals surface area contributed by atoms with Gasteiger partial charge in [0.1, 0.15) is 0 Å². The third-order valence-corrected chi connectivity index (χ3v) is 4.67. The largest absolute Gasteiger partial charge is 0.311 e. The third kappa shape index (κ3) is 3.28. The van der Waals surface area contributed by atoms with E-state index in [9.17, 15) is 0 Å². The zero-order chi connectivity index (χ0) is 14.7. The van der Waals surface area contributed by atoms with E-state index in [1.54, 1.807) is 0 Å². The van der Waals surface area contributed by atoms with Crippen LogP contribution in [0.2, 0.25) is 0 Å². The molecule has 2 unspecified atom stereocenters. The Bertz CT molecular complexity index is 588. The number of fused-ring (bicyclic) bond motifs is 1. The molecule has 0 spiro atoms. The summed E-state index contributed by atoms with van der Waals surface area (Å²) in [4.78, 5) is 2.64. The number of hydrogen-bond acceptors (Lipinski definition) is 2. The molecule has 112 valence electrons. The standard InChI is InChI=1S/C19H26N2/c1-3-7-18-14-21(15(2)12-20-18)13-17-10-6-9-16-8-4-5-11-19(16)17/h4-6,8-11,15,18,20H,3,7,12-14H2,1-2H3. The van der Waals surface area contributed by atoms with Gasteiger partial charge in [-0.3, -0.25) is 4.90 Å². The molecule has 1 aliphatic heterocycles. The molecule has 0 aromatic heterocycles. The van der Waals surface area contributed by atoms with Gasteiger partial charge in [0.25, 0.3) is 0 Å². The van der Waals surface area contributed by atoms with Crippen LogP contribution in [0.15, 0.2) is 42.5 Å². The highest BCUT2D eigenvalue weighted by molar-refractivity contribution is 5.85. The Morgan fingerprint density at radius 1 is 1.14 bits per heavy atom. The molecule has 2 aromatic carbocycles. The van der Waals surface area contributed by atoms with Gasteiger partial charge in [0, 0.05) is 31.7 Å². The fraction of sp³-hybridized carbons (Fsp3) is 0.474. The number of piperazine rings is 1. The van der Waals surface area contributed by atoms with E-state index in [2.05, 4.69) is 66.5 Å². The normalized spacial score (nSPS) is 23.5. The molecule has 0 amide bonds. The molecule has 1 fully saturated rings. The highest BCUT2D eigenvalue weighted by atomic mass is 15.2. The number of hydrogen-bond donors (Lipinski definition) is 1. The van der Waals surface area contributed by atoms with Gasteiger partial charge in [0.2, 0.25) is 0 Å². The molecule has 1 heterocycles. The van der Waals surface area contributed by atoms with E-state index in [4.69, 9.17) is 0 Å². The van der Waals surface area contributed by atoms with Crippen LogP contribution in [0, 0.1) is 0 Å². The molecule has 3 rings (SSSR count). The van der Waals surface area contributed by atoms with E-state index in [1.807, 2.05) is 0 Å². The molecule has 0 radical (unpaired) electrons. The minimum Gasteiger partial charge on any atom is -0.311 e. The summed E-state index contributed by atoms with van der Waals surface area (Å²) < 4.78 is 0. The quantitative estimate of drug-likeness (QED) is 0.917. The average Bonchev–Trinajstić information content (AvgIpc) is 2.51. The molecule has 2 aromatic rings. The summed E-state index contributed by atoms with van der Waals surface area (Å²) in [5.41, 5.74) is 1.46. The Morgan fingerprint density at radius 3 is 2.81 bits per heavy atom. The van der Waals surface area contributed by atoms with Crippen LogP contribution in [0.5, 0.6) is 0 Å². The maximum atomic E-state index is 3.68. The lowest BCUT2D eigenvalue weighted by molar-refractivity contribution is 0.130. The summed E-state index contributed by atoms with van der Waals surface area (Å²) >= 11 is 0. The van der Waals surface area contributed by atoms with Gasteiger partial charge < -0.3 is 5.32 Å². The summed E-state index contributed by atoms with van der Waals surface area (Å²) in [5.74, 6) is 0. The van der Waals surface area contributed by atoms with Crippen molar-refractivity contribution in [1.82, 2.24) is 10.2 Å². The summed E-state index contributed by atoms with van der Waals surface area (Å²) in [5, 5.41) is 6.43. The van der Waals surface area contributed by atoms with E-state index in [0.717, 1.165) is 19.6 Å². The van der Waals surface area contributed by atoms with Gasteiger partial charge in [-0.1, -0.05) is 55.8 Å². The van der Waals surface area contributed by atoms with E-state index < -0.39 is 0 Å². The molecule has 21 heavy (non-hydrogen) atoms. The zero-order valence-electron chi connectivity index (χ0n) is 13.2. The fourth-order valence-electron chi connectivity index (χ4n) is 3.41. The first-order valence-electron chi connectivity index (χ1n) is 8.22. The monoisotopic (exact) mass is 282 g/mol. The van der Waals surface area contributed by atoms with Crippen LogP contribution in [-0.2, 0) is 6.54 Å². The lowest BCUT2D eigenvalue weighted by Gasteiger charge is -2.39. The number of nitrogens with one attached hydrogen (secondary N) is 1. The van der Waals surface area contributed by atoms with Crippen molar-refractivity contribution < 1.29 is 0 Å². The highest BCUT2D eigenvalue weighted by Gasteiger charge is 2.24. The van der Waals surface area contributed by atoms with Crippen LogP contribution in [0.25, 0.3) is 10.8 Å². The van der Waals surface area contributed by atoms with Gasteiger partial charge in [-0.25, -0.2) is 0 Å². The van der Waals surface area contributed by atoms with Gasteiger partial charge in [-0.15, -0.1) is 0 Å². The topological polar surface area (TPSA) is 15.3 Å². The summed E-state index contributed by atoms with van der Waals surface area (Å²) in [6.07, 6.45) is 2.53. The SMILES string of the molecule is CCCC1CN(Cc2cccc3ccccc23)C(C)CN1. The van der Waals surface area contributed by atoms with Crippen molar-refractivity contribution in [3.05, 3.63) is 48.0 Å². The van der Waals surface area contributed by atoms with E-state index in [0.29, 0.717) is 12.1 Å². The first-order chi connectivity index (χ1) is 10.3. The van der Waals surface area contributed by atoms with E-state index in [1.165, 1.54) is 29.2 Å². The molecule has 2 nitrogen and oxygen atoms in total. The highest BCUT2D eigenvalue weighted by Crippen LogP contribution is 2.22. The number of rotatable bonds is 4. The van der Waals surface area contributed by atoms with Crippen LogP contribution in [-0.4, -0.2) is 30.1 Å². The second-order valence-corrected chi connectivity index (χ2v) is 6.31. The molecule has 0 aliphatic carbocycles. The molecule has 0 bridgehead atoms. The Balaban J connectivity index is 1.80. The van der Waals surface area contributed by atoms with Gasteiger partial charge in [0.05, 0.1) is 0 Å². The van der Waals surface area contributed by atoms with Crippen molar-refractivity contribution in [3.8, 4) is 0 Å². The minimum atomic E-state index is 0.608. The van der Waals surface area contributed by atoms with Gasteiger partial charge in [0.15, 0.2) is 0 Å². The second kappa shape index (κ2) is 6.59. The molecule has 0 saturated carbocycles. The second-order valence-electron chi connectivity index (χ2n) is 6.31. The van der Waals surface area contributed by atoms with Crippen molar-refractivity contribution in [3.63, 3.8) is 0 Å². The molecular weight excluding hydrogens is 256 g/mol. The number of benzene rings is 2. The van der Waals surface area contributed by atoms with E-state index >= 15 is 0 Å². The van der Waals surface area contributed by atoms with Crippen molar-refractivity contribution >= 4 is 10.8 Å². The maximum Gasteiger partial charge on any atom is 0.0243 e. The Morgan fingerprint density at radius 2 is 1.95 bits per heavy atom. The van der Waals surface area contributed by atoms with Gasteiger partial charge in [-0.2, -0.15) is 0 Å². The van der Waals surface area contributed by atoms with Gasteiger partial charge >= 0.3 is 0 Å². The molecule has 1 N–H and O–H groups in total. The first-order valence-corrected chi connectivity index (χ1v) is 8.22. The average molecular weight is 282 g/mol. The van der Waals surface area contributed by atoms with Crippen molar-refractivity contribution in [1.29, 1.82) is 0 Å². The predicted octanol–water partition coefficient (Wildman–Crippen LogP) is 3.80. The summed E-state index contributed by atoms with van der Waals surface area (Å²) in [7, 11) is 0. The van der Waals surface area contributed by atoms with Crippen LogP contribution in [0.4, 0.5) is 0 Å². The smallest absolute Gasteiger partial charge is 0.0243 e. The van der Waals surface area contributed by atoms with Crippen LogP contribution >= 0.6 is 0 Å².